The van der Waals surface area contributed by atoms with E-state index in [1.807, 2.05) is 12.1 Å². The molecule has 0 atom stereocenters. The molecule has 0 aromatic heterocycles. The molecule has 0 unspecified atom stereocenters. The molecule has 0 bridgehead atoms. The Morgan fingerprint density at radius 3 is 2.86 bits per heavy atom. The van der Waals surface area contributed by atoms with Crippen LogP contribution in [0.5, 0.6) is 5.75 Å². The third kappa shape index (κ3) is 3.97. The van der Waals surface area contributed by atoms with Crippen molar-refractivity contribution in [1.29, 1.82) is 0 Å². The lowest BCUT2D eigenvalue weighted by Crippen LogP contribution is -2.25. The van der Waals surface area contributed by atoms with Gasteiger partial charge < -0.3 is 9.84 Å². The summed E-state index contributed by atoms with van der Waals surface area (Å²) >= 11 is 0. The first kappa shape index (κ1) is 15.8. The van der Waals surface area contributed by atoms with Crippen molar-refractivity contribution in [3.8, 4) is 17.6 Å². The van der Waals surface area contributed by atoms with E-state index in [-0.39, 0.29) is 12.4 Å². The van der Waals surface area contributed by atoms with E-state index in [4.69, 9.17) is 9.84 Å². The van der Waals surface area contributed by atoms with Crippen molar-refractivity contribution in [2.24, 2.45) is 0 Å². The van der Waals surface area contributed by atoms with Crippen LogP contribution in [-0.4, -0.2) is 43.8 Å². The van der Waals surface area contributed by atoms with Gasteiger partial charge in [-0.25, -0.2) is 8.42 Å². The topological polar surface area (TPSA) is 66.8 Å². The van der Waals surface area contributed by atoms with Gasteiger partial charge in [-0.1, -0.05) is 17.9 Å². The van der Waals surface area contributed by atoms with Crippen molar-refractivity contribution < 1.29 is 18.3 Å². The lowest BCUT2D eigenvalue weighted by Gasteiger charge is -2.15. The van der Waals surface area contributed by atoms with Crippen molar-refractivity contribution in [3.63, 3.8) is 0 Å². The standard InChI is InChI=1S/C15H19NO4S/c1-20-15-7-6-13(11-14(15)5-2-3-9-17)12-16-8-4-10-21(16,18)19/h6-7,11,17H,3-4,8-10,12H2,1H3. The maximum absolute atomic E-state index is 11.8. The molecule has 114 valence electrons. The molecule has 0 saturated carbocycles. The van der Waals surface area contributed by atoms with Crippen LogP contribution in [0.3, 0.4) is 0 Å². The predicted octanol–water partition coefficient (Wildman–Crippen LogP) is 0.965. The summed E-state index contributed by atoms with van der Waals surface area (Å²) in [6.45, 7) is 0.946. The van der Waals surface area contributed by atoms with Gasteiger partial charge in [-0.15, -0.1) is 0 Å². The van der Waals surface area contributed by atoms with Crippen LogP contribution in [0.4, 0.5) is 0 Å². The Bertz CT molecular complexity index is 658. The summed E-state index contributed by atoms with van der Waals surface area (Å²) in [6.07, 6.45) is 1.08. The van der Waals surface area contributed by atoms with Crippen LogP contribution in [0.25, 0.3) is 0 Å². The number of hydrogen-bond donors (Lipinski definition) is 1. The van der Waals surface area contributed by atoms with Gasteiger partial charge in [0.2, 0.25) is 10.0 Å². The molecule has 1 aromatic carbocycles. The van der Waals surface area contributed by atoms with Crippen molar-refractivity contribution in [3.05, 3.63) is 29.3 Å². The van der Waals surface area contributed by atoms with E-state index < -0.39 is 10.0 Å². The summed E-state index contributed by atoms with van der Waals surface area (Å²) in [7, 11) is -1.54. The van der Waals surface area contributed by atoms with E-state index in [0.29, 0.717) is 37.2 Å². The first-order valence-corrected chi connectivity index (χ1v) is 8.42. The number of benzene rings is 1. The van der Waals surface area contributed by atoms with E-state index in [1.165, 1.54) is 4.31 Å². The molecule has 1 heterocycles. The lowest BCUT2D eigenvalue weighted by atomic mass is 10.1. The fraction of sp³-hybridized carbons (Fsp3) is 0.467. The van der Waals surface area contributed by atoms with Gasteiger partial charge in [0.15, 0.2) is 0 Å². The Labute approximate surface area is 125 Å². The van der Waals surface area contributed by atoms with Crippen LogP contribution in [0.2, 0.25) is 0 Å². The number of sulfonamides is 1. The highest BCUT2D eigenvalue weighted by Gasteiger charge is 2.28. The molecule has 1 saturated heterocycles. The second kappa shape index (κ2) is 6.94. The van der Waals surface area contributed by atoms with Gasteiger partial charge in [0.1, 0.15) is 5.75 Å². The van der Waals surface area contributed by atoms with Gasteiger partial charge in [0, 0.05) is 19.5 Å². The second-order valence-electron chi connectivity index (χ2n) is 4.81. The van der Waals surface area contributed by atoms with E-state index in [1.54, 1.807) is 13.2 Å². The van der Waals surface area contributed by atoms with Crippen LogP contribution in [0.15, 0.2) is 18.2 Å². The molecule has 1 aliphatic rings. The minimum absolute atomic E-state index is 0.0149. The number of aliphatic hydroxyl groups is 1. The number of aliphatic hydroxyl groups excluding tert-OH is 1. The Morgan fingerprint density at radius 1 is 1.43 bits per heavy atom. The van der Waals surface area contributed by atoms with Crippen molar-refractivity contribution >= 4 is 10.0 Å². The molecule has 21 heavy (non-hydrogen) atoms. The molecule has 2 rings (SSSR count). The molecule has 0 aliphatic carbocycles. The number of hydrogen-bond acceptors (Lipinski definition) is 4. The van der Waals surface area contributed by atoms with Gasteiger partial charge >= 0.3 is 0 Å². The highest BCUT2D eigenvalue weighted by Crippen LogP contribution is 2.22. The summed E-state index contributed by atoms with van der Waals surface area (Å²) < 4.78 is 30.4. The summed E-state index contributed by atoms with van der Waals surface area (Å²) in [5, 5.41) is 8.77. The highest BCUT2D eigenvalue weighted by molar-refractivity contribution is 7.89. The largest absolute Gasteiger partial charge is 0.495 e. The van der Waals surface area contributed by atoms with Crippen LogP contribution in [0.1, 0.15) is 24.0 Å². The van der Waals surface area contributed by atoms with Crippen LogP contribution >= 0.6 is 0 Å². The van der Waals surface area contributed by atoms with Crippen LogP contribution in [0, 0.1) is 11.8 Å². The first-order valence-electron chi connectivity index (χ1n) is 6.81. The highest BCUT2D eigenvalue weighted by atomic mass is 32.2. The number of nitrogens with zero attached hydrogens (tertiary/aromatic N) is 1. The second-order valence-corrected chi connectivity index (χ2v) is 6.90. The first-order chi connectivity index (χ1) is 10.1. The third-order valence-electron chi connectivity index (χ3n) is 3.29. The Hall–Kier alpha value is -1.55. The lowest BCUT2D eigenvalue weighted by molar-refractivity contribution is 0.305. The Morgan fingerprint density at radius 2 is 2.24 bits per heavy atom. The van der Waals surface area contributed by atoms with E-state index in [0.717, 1.165) is 5.56 Å². The molecular formula is C15H19NO4S. The fourth-order valence-corrected chi connectivity index (χ4v) is 3.74. The zero-order valence-corrected chi connectivity index (χ0v) is 12.8. The quantitative estimate of drug-likeness (QED) is 0.842. The monoisotopic (exact) mass is 309 g/mol. The van der Waals surface area contributed by atoms with Crippen molar-refractivity contribution in [2.45, 2.75) is 19.4 Å². The third-order valence-corrected chi connectivity index (χ3v) is 5.19. The predicted molar refractivity (Wildman–Crippen MR) is 80.4 cm³/mol. The molecule has 0 radical (unpaired) electrons. The smallest absolute Gasteiger partial charge is 0.214 e. The number of methoxy groups -OCH3 is 1. The summed E-state index contributed by atoms with van der Waals surface area (Å²) in [6, 6.07) is 5.49. The number of rotatable bonds is 4. The minimum atomic E-state index is -3.10. The van der Waals surface area contributed by atoms with Gasteiger partial charge in [-0.05, 0) is 24.1 Å². The maximum Gasteiger partial charge on any atom is 0.214 e. The number of ether oxygens (including phenoxy) is 1. The Kier molecular flexibility index (Phi) is 5.23. The van der Waals surface area contributed by atoms with Crippen molar-refractivity contribution in [1.82, 2.24) is 4.31 Å². The van der Waals surface area contributed by atoms with E-state index >= 15 is 0 Å². The molecule has 1 N–H and O–H groups in total. The molecular weight excluding hydrogens is 290 g/mol. The van der Waals surface area contributed by atoms with Crippen LogP contribution in [-0.2, 0) is 16.6 Å². The molecule has 0 amide bonds. The normalized spacial score (nSPS) is 17.2. The Balaban J connectivity index is 2.22. The minimum Gasteiger partial charge on any atom is -0.495 e. The molecule has 5 nitrogen and oxygen atoms in total. The molecule has 6 heteroatoms. The van der Waals surface area contributed by atoms with Gasteiger partial charge in [-0.3, -0.25) is 0 Å². The van der Waals surface area contributed by atoms with Crippen LogP contribution < -0.4 is 4.74 Å². The average Bonchev–Trinajstić information content (AvgIpc) is 2.78. The average molecular weight is 309 g/mol. The van der Waals surface area contributed by atoms with Gasteiger partial charge in [-0.2, -0.15) is 4.31 Å². The molecule has 1 fully saturated rings. The SMILES string of the molecule is COc1ccc(CN2CCCS2(=O)=O)cc1C#CCCO. The van der Waals surface area contributed by atoms with Crippen molar-refractivity contribution in [2.75, 3.05) is 26.0 Å². The summed E-state index contributed by atoms with van der Waals surface area (Å²) in [5.41, 5.74) is 1.59. The molecule has 0 spiro atoms. The van der Waals surface area contributed by atoms with Gasteiger partial charge in [0.05, 0.1) is 25.0 Å². The summed E-state index contributed by atoms with van der Waals surface area (Å²) in [4.78, 5) is 0. The summed E-state index contributed by atoms with van der Waals surface area (Å²) in [5.74, 6) is 6.67. The van der Waals surface area contributed by atoms with E-state index in [2.05, 4.69) is 11.8 Å². The van der Waals surface area contributed by atoms with E-state index in [9.17, 15) is 8.42 Å². The zero-order chi connectivity index (χ0) is 15.3. The fourth-order valence-electron chi connectivity index (χ4n) is 2.24. The van der Waals surface area contributed by atoms with Gasteiger partial charge in [0.25, 0.3) is 0 Å². The zero-order valence-electron chi connectivity index (χ0n) is 12.0. The maximum atomic E-state index is 11.8. The molecule has 1 aromatic rings. The molecule has 1 aliphatic heterocycles.